The monoisotopic (exact) mass is 287 g/mol. The molecule has 1 N–H and O–H groups in total. The number of benzene rings is 1. The van der Waals surface area contributed by atoms with E-state index in [0.717, 1.165) is 0 Å². The number of rotatable bonds is 4. The quantitative estimate of drug-likeness (QED) is 0.909. The molecule has 0 radical (unpaired) electrons. The SMILES string of the molecule is O=S(=O)(Cc1ccc(F)cc1)N1CCC(CO)CC1. The lowest BCUT2D eigenvalue weighted by Gasteiger charge is -2.30. The number of hydrogen-bond donors (Lipinski definition) is 1. The summed E-state index contributed by atoms with van der Waals surface area (Å²) in [6.45, 7) is 1.02. The molecule has 0 aromatic heterocycles. The van der Waals surface area contributed by atoms with Crippen LogP contribution in [0.3, 0.4) is 0 Å². The van der Waals surface area contributed by atoms with Crippen molar-refractivity contribution in [3.8, 4) is 0 Å². The summed E-state index contributed by atoms with van der Waals surface area (Å²) in [5.74, 6) is -0.265. The zero-order valence-corrected chi connectivity index (χ0v) is 11.4. The van der Waals surface area contributed by atoms with Gasteiger partial charge in [-0.15, -0.1) is 0 Å². The summed E-state index contributed by atoms with van der Waals surface area (Å²) in [5, 5.41) is 9.04. The Morgan fingerprint density at radius 1 is 1.21 bits per heavy atom. The Labute approximate surface area is 112 Å². The fourth-order valence-corrected chi connectivity index (χ4v) is 3.82. The van der Waals surface area contributed by atoms with Crippen LogP contribution in [0.25, 0.3) is 0 Å². The second kappa shape index (κ2) is 5.98. The lowest BCUT2D eigenvalue weighted by molar-refractivity contribution is 0.170. The molecule has 106 valence electrons. The van der Waals surface area contributed by atoms with Crippen molar-refractivity contribution in [3.63, 3.8) is 0 Å². The van der Waals surface area contributed by atoms with Crippen molar-refractivity contribution in [1.82, 2.24) is 4.31 Å². The molecule has 0 spiro atoms. The number of sulfonamides is 1. The van der Waals surface area contributed by atoms with Crippen LogP contribution in [0.1, 0.15) is 18.4 Å². The van der Waals surface area contributed by atoms with Crippen LogP contribution < -0.4 is 0 Å². The highest BCUT2D eigenvalue weighted by Crippen LogP contribution is 2.21. The number of halogens is 1. The second-order valence-corrected chi connectivity index (χ2v) is 6.88. The summed E-state index contributed by atoms with van der Waals surface area (Å²) in [4.78, 5) is 0. The maximum atomic E-state index is 12.8. The molecule has 0 saturated carbocycles. The van der Waals surface area contributed by atoms with Crippen LogP contribution in [0.5, 0.6) is 0 Å². The number of aliphatic hydroxyl groups excluding tert-OH is 1. The van der Waals surface area contributed by atoms with E-state index in [1.807, 2.05) is 0 Å². The van der Waals surface area contributed by atoms with Gasteiger partial charge in [0.25, 0.3) is 0 Å². The topological polar surface area (TPSA) is 57.6 Å². The van der Waals surface area contributed by atoms with Gasteiger partial charge in [-0.25, -0.2) is 17.1 Å². The minimum Gasteiger partial charge on any atom is -0.396 e. The van der Waals surface area contributed by atoms with Gasteiger partial charge in [-0.3, -0.25) is 0 Å². The molecular formula is C13H18FNO3S. The smallest absolute Gasteiger partial charge is 0.218 e. The van der Waals surface area contributed by atoms with Crippen LogP contribution in [-0.4, -0.2) is 37.5 Å². The standard InChI is InChI=1S/C13H18FNO3S/c14-13-3-1-12(2-4-13)10-19(17,18)15-7-5-11(9-16)6-8-15/h1-4,11,16H,5-10H2. The number of piperidine rings is 1. The van der Waals surface area contributed by atoms with Gasteiger partial charge in [-0.05, 0) is 36.5 Å². The molecule has 1 saturated heterocycles. The Bertz CT molecular complexity index is 507. The molecule has 0 aliphatic carbocycles. The lowest BCUT2D eigenvalue weighted by Crippen LogP contribution is -2.39. The second-order valence-electron chi connectivity index (χ2n) is 4.91. The molecular weight excluding hydrogens is 269 g/mol. The van der Waals surface area contributed by atoms with Crippen molar-refractivity contribution in [3.05, 3.63) is 35.6 Å². The van der Waals surface area contributed by atoms with Crippen LogP contribution >= 0.6 is 0 Å². The molecule has 6 heteroatoms. The molecule has 19 heavy (non-hydrogen) atoms. The minimum absolute atomic E-state index is 0.100. The molecule has 0 amide bonds. The van der Waals surface area contributed by atoms with E-state index in [-0.39, 0.29) is 24.1 Å². The molecule has 2 rings (SSSR count). The number of aliphatic hydroxyl groups is 1. The summed E-state index contributed by atoms with van der Waals surface area (Å²) in [6, 6.07) is 5.52. The minimum atomic E-state index is -3.35. The first-order chi connectivity index (χ1) is 9.01. The van der Waals surface area contributed by atoms with Gasteiger partial charge in [0.1, 0.15) is 5.82 Å². The highest BCUT2D eigenvalue weighted by molar-refractivity contribution is 7.88. The molecule has 4 nitrogen and oxygen atoms in total. The van der Waals surface area contributed by atoms with E-state index in [4.69, 9.17) is 5.11 Å². The molecule has 1 aliphatic heterocycles. The van der Waals surface area contributed by atoms with E-state index in [2.05, 4.69) is 0 Å². The van der Waals surface area contributed by atoms with E-state index in [9.17, 15) is 12.8 Å². The maximum absolute atomic E-state index is 12.8. The van der Waals surface area contributed by atoms with Crippen molar-refractivity contribution >= 4 is 10.0 Å². The van der Waals surface area contributed by atoms with Gasteiger partial charge >= 0.3 is 0 Å². The average molecular weight is 287 g/mol. The summed E-state index contributed by atoms with van der Waals surface area (Å²) in [5.41, 5.74) is 0.589. The van der Waals surface area contributed by atoms with Gasteiger partial charge in [0.2, 0.25) is 10.0 Å². The molecule has 0 bridgehead atoms. The first-order valence-corrected chi connectivity index (χ1v) is 7.95. The highest BCUT2D eigenvalue weighted by Gasteiger charge is 2.27. The summed E-state index contributed by atoms with van der Waals surface area (Å²) < 4.78 is 38.6. The van der Waals surface area contributed by atoms with Crippen LogP contribution in [0.2, 0.25) is 0 Å². The van der Waals surface area contributed by atoms with E-state index >= 15 is 0 Å². The van der Waals surface area contributed by atoms with Crippen molar-refractivity contribution in [2.75, 3.05) is 19.7 Å². The summed E-state index contributed by atoms with van der Waals surface area (Å²) in [6.07, 6.45) is 1.39. The van der Waals surface area contributed by atoms with Gasteiger partial charge in [0.05, 0.1) is 5.75 Å². The molecule has 0 unspecified atom stereocenters. The highest BCUT2D eigenvalue weighted by atomic mass is 32.2. The van der Waals surface area contributed by atoms with Crippen LogP contribution in [-0.2, 0) is 15.8 Å². The van der Waals surface area contributed by atoms with Crippen molar-refractivity contribution in [2.45, 2.75) is 18.6 Å². The van der Waals surface area contributed by atoms with Crippen LogP contribution in [0, 0.1) is 11.7 Å². The van der Waals surface area contributed by atoms with E-state index in [1.165, 1.54) is 28.6 Å². The predicted octanol–water partition coefficient (Wildman–Crippen LogP) is 1.36. The molecule has 1 heterocycles. The molecule has 1 aromatic rings. The first-order valence-electron chi connectivity index (χ1n) is 6.34. The van der Waals surface area contributed by atoms with Crippen molar-refractivity contribution < 1.29 is 17.9 Å². The van der Waals surface area contributed by atoms with Crippen LogP contribution in [0.4, 0.5) is 4.39 Å². The first kappa shape index (κ1) is 14.4. The van der Waals surface area contributed by atoms with E-state index in [1.54, 1.807) is 0 Å². The maximum Gasteiger partial charge on any atom is 0.218 e. The summed E-state index contributed by atoms with van der Waals surface area (Å²) >= 11 is 0. The fraction of sp³-hybridized carbons (Fsp3) is 0.538. The Balaban J connectivity index is 2.01. The van der Waals surface area contributed by atoms with Gasteiger partial charge < -0.3 is 5.11 Å². The zero-order valence-electron chi connectivity index (χ0n) is 10.6. The van der Waals surface area contributed by atoms with Gasteiger partial charge in [-0.1, -0.05) is 12.1 Å². The van der Waals surface area contributed by atoms with Gasteiger partial charge in [0, 0.05) is 19.7 Å². The largest absolute Gasteiger partial charge is 0.396 e. The Hall–Kier alpha value is -0.980. The van der Waals surface area contributed by atoms with Crippen molar-refractivity contribution in [1.29, 1.82) is 0 Å². The average Bonchev–Trinajstić information content (AvgIpc) is 2.41. The van der Waals surface area contributed by atoms with Gasteiger partial charge in [0.15, 0.2) is 0 Å². The van der Waals surface area contributed by atoms with E-state index < -0.39 is 10.0 Å². The lowest BCUT2D eigenvalue weighted by atomic mass is 10.00. The van der Waals surface area contributed by atoms with Crippen molar-refractivity contribution in [2.24, 2.45) is 5.92 Å². The Kier molecular flexibility index (Phi) is 4.54. The fourth-order valence-electron chi connectivity index (χ4n) is 2.25. The predicted molar refractivity (Wildman–Crippen MR) is 70.4 cm³/mol. The third kappa shape index (κ3) is 3.75. The molecule has 0 atom stereocenters. The number of nitrogens with zero attached hydrogens (tertiary/aromatic N) is 1. The zero-order chi connectivity index (χ0) is 13.9. The van der Waals surface area contributed by atoms with Crippen LogP contribution in [0.15, 0.2) is 24.3 Å². The summed E-state index contributed by atoms with van der Waals surface area (Å²) in [7, 11) is -3.35. The third-order valence-corrected chi connectivity index (χ3v) is 5.34. The third-order valence-electron chi connectivity index (χ3n) is 3.49. The van der Waals surface area contributed by atoms with Gasteiger partial charge in [-0.2, -0.15) is 0 Å². The number of hydrogen-bond acceptors (Lipinski definition) is 3. The normalized spacial score (nSPS) is 18.6. The van der Waals surface area contributed by atoms with E-state index in [0.29, 0.717) is 31.5 Å². The molecule has 1 aliphatic rings. The molecule has 1 fully saturated rings. The molecule has 1 aromatic carbocycles. The Morgan fingerprint density at radius 2 is 1.79 bits per heavy atom. The Morgan fingerprint density at radius 3 is 2.32 bits per heavy atom.